The Kier molecular flexibility index (Phi) is 13.0. The highest BCUT2D eigenvalue weighted by Gasteiger charge is 2.20. The molecule has 4 heterocycles. The van der Waals surface area contributed by atoms with Gasteiger partial charge in [-0.1, -0.05) is 103 Å². The highest BCUT2D eigenvalue weighted by Crippen LogP contribution is 2.43. The first kappa shape index (κ1) is 29.6. The van der Waals surface area contributed by atoms with Crippen molar-refractivity contribution in [3.8, 4) is 29.5 Å². The Morgan fingerprint density at radius 1 is 0.526 bits per heavy atom. The lowest BCUT2D eigenvalue weighted by Crippen LogP contribution is -1.90. The fourth-order valence-electron chi connectivity index (χ4n) is 4.92. The van der Waals surface area contributed by atoms with E-state index in [2.05, 4.69) is 48.9 Å². The Labute approximate surface area is 246 Å². The molecule has 0 spiro atoms. The van der Waals surface area contributed by atoms with Crippen LogP contribution in [0.3, 0.4) is 0 Å². The molecule has 4 aromatic heterocycles. The zero-order chi connectivity index (χ0) is 26.4. The standard InChI is InChI=1S/C32H44N2S4/c1-3-5-7-9-11-13-15-19-25-29(27-21-17-23-35-27)37-31(33-25)32-34-26(20-16-14-12-10-8-6-4-2)30(38-32)28-22-18-24-36-28/h17-18,21-24H,3-16,19-20H2,1-2H3. The molecule has 38 heavy (non-hydrogen) atoms. The minimum absolute atomic E-state index is 1.07. The topological polar surface area (TPSA) is 25.8 Å². The van der Waals surface area contributed by atoms with Gasteiger partial charge in [-0.15, -0.1) is 45.3 Å². The summed E-state index contributed by atoms with van der Waals surface area (Å²) in [6.07, 6.45) is 20.8. The number of nitrogens with zero attached hydrogens (tertiary/aromatic N) is 2. The van der Waals surface area contributed by atoms with Crippen LogP contribution in [0.1, 0.15) is 115 Å². The Bertz CT molecular complexity index is 1060. The number of thiophene rings is 2. The van der Waals surface area contributed by atoms with Crippen molar-refractivity contribution in [2.75, 3.05) is 0 Å². The van der Waals surface area contributed by atoms with Gasteiger partial charge < -0.3 is 0 Å². The van der Waals surface area contributed by atoms with Gasteiger partial charge in [0.05, 0.1) is 21.1 Å². The fraction of sp³-hybridized carbons (Fsp3) is 0.562. The lowest BCUT2D eigenvalue weighted by atomic mass is 10.1. The van der Waals surface area contributed by atoms with Gasteiger partial charge in [-0.05, 0) is 48.6 Å². The molecule has 2 nitrogen and oxygen atoms in total. The summed E-state index contributed by atoms with van der Waals surface area (Å²) in [6.45, 7) is 4.58. The maximum Gasteiger partial charge on any atom is 0.153 e. The van der Waals surface area contributed by atoms with Gasteiger partial charge >= 0.3 is 0 Å². The van der Waals surface area contributed by atoms with Crippen LogP contribution in [0.15, 0.2) is 35.0 Å². The molecule has 0 fully saturated rings. The molecule has 0 aliphatic heterocycles. The van der Waals surface area contributed by atoms with Crippen LogP contribution in [-0.2, 0) is 12.8 Å². The average molecular weight is 585 g/mol. The summed E-state index contributed by atoms with van der Waals surface area (Å²) in [5, 5.41) is 6.59. The third-order valence-corrected chi connectivity index (χ3v) is 11.5. The third kappa shape index (κ3) is 8.84. The van der Waals surface area contributed by atoms with Crippen molar-refractivity contribution < 1.29 is 0 Å². The molecule has 0 N–H and O–H groups in total. The normalized spacial score (nSPS) is 11.5. The first-order chi connectivity index (χ1) is 18.8. The minimum Gasteiger partial charge on any atom is -0.238 e. The summed E-state index contributed by atoms with van der Waals surface area (Å²) >= 11 is 7.38. The van der Waals surface area contributed by atoms with Gasteiger partial charge in [0.25, 0.3) is 0 Å². The maximum absolute atomic E-state index is 5.23. The monoisotopic (exact) mass is 584 g/mol. The van der Waals surface area contributed by atoms with Gasteiger partial charge in [-0.3, -0.25) is 0 Å². The molecule has 0 aromatic carbocycles. The molecule has 0 aliphatic carbocycles. The van der Waals surface area contributed by atoms with Crippen molar-refractivity contribution in [2.24, 2.45) is 0 Å². The molecule has 0 unspecified atom stereocenters. The van der Waals surface area contributed by atoms with Gasteiger partial charge in [-0.2, -0.15) is 0 Å². The number of rotatable bonds is 19. The Morgan fingerprint density at radius 2 is 0.921 bits per heavy atom. The Hall–Kier alpha value is -1.34. The molecule has 0 saturated heterocycles. The van der Waals surface area contributed by atoms with E-state index in [1.54, 1.807) is 0 Å². The number of aromatic nitrogens is 2. The maximum atomic E-state index is 5.23. The van der Waals surface area contributed by atoms with Gasteiger partial charge in [-0.25, -0.2) is 9.97 Å². The van der Waals surface area contributed by atoms with Crippen molar-refractivity contribution in [3.05, 3.63) is 46.4 Å². The number of thiazole rings is 2. The molecule has 6 heteroatoms. The Balaban J connectivity index is 1.46. The molecule has 0 amide bonds. The predicted octanol–water partition coefficient (Wildman–Crippen LogP) is 12.3. The Morgan fingerprint density at radius 3 is 1.29 bits per heavy atom. The molecule has 206 valence electrons. The largest absolute Gasteiger partial charge is 0.238 e. The average Bonchev–Trinajstić information content (AvgIpc) is 3.73. The molecule has 4 rings (SSSR count). The summed E-state index contributed by atoms with van der Waals surface area (Å²) in [5.41, 5.74) is 2.56. The first-order valence-electron chi connectivity index (χ1n) is 14.9. The summed E-state index contributed by atoms with van der Waals surface area (Å²) in [4.78, 5) is 15.9. The van der Waals surface area contributed by atoms with E-state index < -0.39 is 0 Å². The van der Waals surface area contributed by atoms with E-state index in [4.69, 9.17) is 9.97 Å². The van der Waals surface area contributed by atoms with Crippen molar-refractivity contribution in [1.82, 2.24) is 9.97 Å². The number of unbranched alkanes of at least 4 members (excludes halogenated alkanes) is 12. The van der Waals surface area contributed by atoms with Crippen LogP contribution in [0.5, 0.6) is 0 Å². The smallest absolute Gasteiger partial charge is 0.153 e. The number of aryl methyl sites for hydroxylation is 2. The second-order valence-corrected chi connectivity index (χ2v) is 14.2. The van der Waals surface area contributed by atoms with E-state index >= 15 is 0 Å². The quantitative estimate of drug-likeness (QED) is 0.102. The minimum atomic E-state index is 1.07. The van der Waals surface area contributed by atoms with Crippen molar-refractivity contribution >= 4 is 45.3 Å². The lowest BCUT2D eigenvalue weighted by Gasteiger charge is -2.02. The van der Waals surface area contributed by atoms with Crippen molar-refractivity contribution in [3.63, 3.8) is 0 Å². The van der Waals surface area contributed by atoms with Crippen LogP contribution >= 0.6 is 45.3 Å². The fourth-order valence-corrected chi connectivity index (χ4v) is 8.92. The van der Waals surface area contributed by atoms with Gasteiger partial charge in [0.2, 0.25) is 0 Å². The van der Waals surface area contributed by atoms with Crippen LogP contribution in [0.4, 0.5) is 0 Å². The van der Waals surface area contributed by atoms with E-state index in [0.29, 0.717) is 0 Å². The summed E-state index contributed by atoms with van der Waals surface area (Å²) in [7, 11) is 0. The SMILES string of the molecule is CCCCCCCCCc1nc(-c2nc(CCCCCCCCC)c(-c3cccs3)s2)sc1-c1cccs1. The molecule has 0 aliphatic rings. The van der Waals surface area contributed by atoms with E-state index in [-0.39, 0.29) is 0 Å². The number of hydrogen-bond acceptors (Lipinski definition) is 6. The molecule has 0 bridgehead atoms. The third-order valence-electron chi connectivity index (χ3n) is 7.10. The van der Waals surface area contributed by atoms with E-state index in [1.165, 1.54) is 121 Å². The molecule has 0 saturated carbocycles. The van der Waals surface area contributed by atoms with E-state index in [0.717, 1.165) is 22.9 Å². The van der Waals surface area contributed by atoms with Crippen molar-refractivity contribution in [2.45, 2.75) is 117 Å². The van der Waals surface area contributed by atoms with Crippen LogP contribution < -0.4 is 0 Å². The predicted molar refractivity (Wildman–Crippen MR) is 173 cm³/mol. The van der Waals surface area contributed by atoms with E-state index in [1.807, 2.05) is 45.3 Å². The van der Waals surface area contributed by atoms with E-state index in [9.17, 15) is 0 Å². The highest BCUT2D eigenvalue weighted by molar-refractivity contribution is 7.27. The highest BCUT2D eigenvalue weighted by atomic mass is 32.1. The summed E-state index contributed by atoms with van der Waals surface area (Å²) in [5.74, 6) is 0. The number of hydrogen-bond donors (Lipinski definition) is 0. The lowest BCUT2D eigenvalue weighted by molar-refractivity contribution is 0.588. The van der Waals surface area contributed by atoms with Gasteiger partial charge in [0.15, 0.2) is 10.0 Å². The molecule has 4 aromatic rings. The van der Waals surface area contributed by atoms with Crippen LogP contribution in [0.25, 0.3) is 29.5 Å². The molecular formula is C32H44N2S4. The van der Waals surface area contributed by atoms with Crippen LogP contribution in [0, 0.1) is 0 Å². The van der Waals surface area contributed by atoms with Gasteiger partial charge in [0, 0.05) is 9.75 Å². The first-order valence-corrected chi connectivity index (χ1v) is 18.3. The molecular weight excluding hydrogens is 541 g/mol. The second-order valence-electron chi connectivity index (χ2n) is 10.3. The summed E-state index contributed by atoms with van der Waals surface area (Å²) < 4.78 is 0. The second kappa shape index (κ2) is 16.7. The van der Waals surface area contributed by atoms with Crippen LogP contribution in [0.2, 0.25) is 0 Å². The van der Waals surface area contributed by atoms with Gasteiger partial charge in [0.1, 0.15) is 0 Å². The molecule has 0 atom stereocenters. The zero-order valence-electron chi connectivity index (χ0n) is 23.3. The molecule has 0 radical (unpaired) electrons. The zero-order valence-corrected chi connectivity index (χ0v) is 26.6. The van der Waals surface area contributed by atoms with Crippen LogP contribution in [-0.4, -0.2) is 9.97 Å². The summed E-state index contributed by atoms with van der Waals surface area (Å²) in [6, 6.07) is 8.83. The van der Waals surface area contributed by atoms with Crippen molar-refractivity contribution in [1.29, 1.82) is 0 Å².